The molecule has 0 aromatic heterocycles. The van der Waals surface area contributed by atoms with E-state index in [-0.39, 0.29) is 5.91 Å². The van der Waals surface area contributed by atoms with E-state index in [0.717, 1.165) is 22.9 Å². The standard InChI is InChI=1S/C15H19N3O.CH2O3/c16-9-3-6-14(17)15(19)18-13-8-7-11-4-1-2-5-12(11)10-13;2-1(3)4/h1-2,4-5,7-8,10,14H,3,6,9,16-17H2,(H,18,19);(H2,2,3,4). The van der Waals surface area contributed by atoms with Crippen LogP contribution in [0.5, 0.6) is 0 Å². The van der Waals surface area contributed by atoms with Crippen LogP contribution in [0.4, 0.5) is 10.5 Å². The summed E-state index contributed by atoms with van der Waals surface area (Å²) in [6.45, 7) is 0.553. The highest BCUT2D eigenvalue weighted by Crippen LogP contribution is 2.18. The second-order valence-corrected chi connectivity index (χ2v) is 4.87. The largest absolute Gasteiger partial charge is 0.503 e. The first-order valence-corrected chi connectivity index (χ1v) is 7.11. The molecule has 7 N–H and O–H groups in total. The predicted molar refractivity (Wildman–Crippen MR) is 89.5 cm³/mol. The van der Waals surface area contributed by atoms with E-state index in [0.29, 0.717) is 13.0 Å². The molecule has 1 atom stereocenters. The molecule has 0 aliphatic carbocycles. The summed E-state index contributed by atoms with van der Waals surface area (Å²) in [5.41, 5.74) is 12.0. The third-order valence-corrected chi connectivity index (χ3v) is 3.07. The third-order valence-electron chi connectivity index (χ3n) is 3.07. The molecule has 0 radical (unpaired) electrons. The molecule has 0 saturated heterocycles. The molecule has 23 heavy (non-hydrogen) atoms. The van der Waals surface area contributed by atoms with Crippen LogP contribution in [0.3, 0.4) is 0 Å². The third kappa shape index (κ3) is 6.77. The van der Waals surface area contributed by atoms with Crippen LogP contribution in [0.25, 0.3) is 10.8 Å². The minimum absolute atomic E-state index is 0.163. The Kier molecular flexibility index (Phi) is 7.52. The van der Waals surface area contributed by atoms with Gasteiger partial charge in [0.05, 0.1) is 6.04 Å². The molecule has 0 heterocycles. The number of carbonyl (C=O) groups is 2. The first-order chi connectivity index (χ1) is 10.9. The number of anilines is 1. The van der Waals surface area contributed by atoms with Gasteiger partial charge in [-0.3, -0.25) is 4.79 Å². The number of rotatable bonds is 5. The lowest BCUT2D eigenvalue weighted by Crippen LogP contribution is -2.35. The van der Waals surface area contributed by atoms with Gasteiger partial charge in [-0.05, 0) is 42.3 Å². The first-order valence-electron chi connectivity index (χ1n) is 7.11. The van der Waals surface area contributed by atoms with E-state index in [1.54, 1.807) is 0 Å². The van der Waals surface area contributed by atoms with Crippen LogP contribution in [-0.2, 0) is 4.79 Å². The summed E-state index contributed by atoms with van der Waals surface area (Å²) in [6, 6.07) is 13.3. The van der Waals surface area contributed by atoms with Crippen LogP contribution < -0.4 is 16.8 Å². The van der Waals surface area contributed by atoms with Crippen LogP contribution in [0.2, 0.25) is 0 Å². The van der Waals surface area contributed by atoms with Crippen molar-refractivity contribution in [2.75, 3.05) is 11.9 Å². The lowest BCUT2D eigenvalue weighted by Gasteiger charge is -2.12. The van der Waals surface area contributed by atoms with E-state index >= 15 is 0 Å². The second kappa shape index (κ2) is 9.39. The molecule has 0 bridgehead atoms. The quantitative estimate of drug-likeness (QED) is 0.571. The van der Waals surface area contributed by atoms with Gasteiger partial charge in [-0.1, -0.05) is 30.3 Å². The fourth-order valence-corrected chi connectivity index (χ4v) is 1.97. The summed E-state index contributed by atoms with van der Waals surface area (Å²) in [5.74, 6) is -0.163. The molecule has 0 aliphatic rings. The van der Waals surface area contributed by atoms with Gasteiger partial charge in [0.15, 0.2) is 0 Å². The maximum Gasteiger partial charge on any atom is 0.503 e. The van der Waals surface area contributed by atoms with E-state index in [2.05, 4.69) is 5.32 Å². The number of fused-ring (bicyclic) bond motifs is 1. The molecule has 2 aromatic rings. The molecule has 1 unspecified atom stereocenters. The number of nitrogens with one attached hydrogen (secondary N) is 1. The van der Waals surface area contributed by atoms with Crippen LogP contribution in [0.1, 0.15) is 12.8 Å². The highest BCUT2D eigenvalue weighted by molar-refractivity contribution is 5.97. The molecule has 0 spiro atoms. The highest BCUT2D eigenvalue weighted by Gasteiger charge is 2.12. The number of nitrogens with two attached hydrogens (primary N) is 2. The van der Waals surface area contributed by atoms with E-state index in [1.165, 1.54) is 0 Å². The van der Waals surface area contributed by atoms with Gasteiger partial charge in [0.1, 0.15) is 0 Å². The van der Waals surface area contributed by atoms with Crippen molar-refractivity contribution in [1.82, 2.24) is 0 Å². The number of hydrogen-bond donors (Lipinski definition) is 5. The molecule has 0 fully saturated rings. The summed E-state index contributed by atoms with van der Waals surface area (Å²) in [6.07, 6.45) is -0.470. The van der Waals surface area contributed by atoms with Crippen molar-refractivity contribution in [3.05, 3.63) is 42.5 Å². The van der Waals surface area contributed by atoms with Gasteiger partial charge >= 0.3 is 6.16 Å². The van der Waals surface area contributed by atoms with Crippen molar-refractivity contribution >= 4 is 28.5 Å². The van der Waals surface area contributed by atoms with Crippen LogP contribution in [0.15, 0.2) is 42.5 Å². The average molecular weight is 319 g/mol. The molecule has 0 aliphatic heterocycles. The maximum atomic E-state index is 11.9. The lowest BCUT2D eigenvalue weighted by molar-refractivity contribution is -0.117. The number of carbonyl (C=O) groups excluding carboxylic acids is 1. The molecule has 124 valence electrons. The lowest BCUT2D eigenvalue weighted by atomic mass is 10.1. The van der Waals surface area contributed by atoms with Crippen molar-refractivity contribution in [3.8, 4) is 0 Å². The fraction of sp³-hybridized carbons (Fsp3) is 0.250. The van der Waals surface area contributed by atoms with Crippen molar-refractivity contribution in [3.63, 3.8) is 0 Å². The van der Waals surface area contributed by atoms with Gasteiger partial charge in [0.25, 0.3) is 0 Å². The van der Waals surface area contributed by atoms with E-state index < -0.39 is 12.2 Å². The van der Waals surface area contributed by atoms with Crippen molar-refractivity contribution in [2.24, 2.45) is 11.5 Å². The number of hydrogen-bond acceptors (Lipinski definition) is 4. The Morgan fingerprint density at radius 2 is 1.70 bits per heavy atom. The summed E-state index contributed by atoms with van der Waals surface area (Å²) in [4.78, 5) is 20.4. The zero-order chi connectivity index (χ0) is 17.2. The van der Waals surface area contributed by atoms with E-state index in [9.17, 15) is 4.79 Å². The monoisotopic (exact) mass is 319 g/mol. The molecule has 7 heteroatoms. The van der Waals surface area contributed by atoms with Crippen molar-refractivity contribution < 1.29 is 19.8 Å². The van der Waals surface area contributed by atoms with Crippen molar-refractivity contribution in [1.29, 1.82) is 0 Å². The molecule has 1 amide bonds. The minimum atomic E-state index is -1.83. The average Bonchev–Trinajstić information content (AvgIpc) is 2.51. The van der Waals surface area contributed by atoms with Gasteiger partial charge in [-0.2, -0.15) is 0 Å². The van der Waals surface area contributed by atoms with Crippen LogP contribution >= 0.6 is 0 Å². The summed E-state index contributed by atoms with van der Waals surface area (Å²) < 4.78 is 0. The zero-order valence-electron chi connectivity index (χ0n) is 12.6. The van der Waals surface area contributed by atoms with Gasteiger partial charge in [0.2, 0.25) is 5.91 Å². The fourth-order valence-electron chi connectivity index (χ4n) is 1.97. The molecule has 2 aromatic carbocycles. The Labute approximate surface area is 133 Å². The van der Waals surface area contributed by atoms with Gasteiger partial charge in [0, 0.05) is 5.69 Å². The number of carboxylic acid groups (broad SMARTS) is 2. The maximum absolute atomic E-state index is 11.9. The Hall–Kier alpha value is -2.64. The van der Waals surface area contributed by atoms with Gasteiger partial charge in [-0.25, -0.2) is 4.79 Å². The summed E-state index contributed by atoms with van der Waals surface area (Å²) in [7, 11) is 0. The second-order valence-electron chi connectivity index (χ2n) is 4.87. The first kappa shape index (κ1) is 18.4. The Morgan fingerprint density at radius 3 is 2.30 bits per heavy atom. The molecular weight excluding hydrogens is 298 g/mol. The smallest absolute Gasteiger partial charge is 0.450 e. The van der Waals surface area contributed by atoms with Crippen LogP contribution in [-0.4, -0.2) is 34.9 Å². The summed E-state index contributed by atoms with van der Waals surface area (Å²) in [5, 5.41) is 19.0. The summed E-state index contributed by atoms with van der Waals surface area (Å²) >= 11 is 0. The number of benzene rings is 2. The van der Waals surface area contributed by atoms with E-state index in [1.807, 2.05) is 42.5 Å². The normalized spacial score (nSPS) is 11.2. The Bertz CT molecular complexity index is 657. The SMILES string of the molecule is NCCCC(N)C(=O)Nc1ccc2ccccc2c1.O=C(O)O. The highest BCUT2D eigenvalue weighted by atomic mass is 16.6. The van der Waals surface area contributed by atoms with E-state index in [4.69, 9.17) is 26.5 Å². The Balaban J connectivity index is 0.000000593. The van der Waals surface area contributed by atoms with Gasteiger partial charge < -0.3 is 27.0 Å². The zero-order valence-corrected chi connectivity index (χ0v) is 12.6. The van der Waals surface area contributed by atoms with Gasteiger partial charge in [-0.15, -0.1) is 0 Å². The number of amides is 1. The minimum Gasteiger partial charge on any atom is -0.450 e. The molecular formula is C16H21N3O4. The molecule has 0 saturated carbocycles. The van der Waals surface area contributed by atoms with Crippen molar-refractivity contribution in [2.45, 2.75) is 18.9 Å². The Morgan fingerprint density at radius 1 is 1.09 bits per heavy atom. The van der Waals surface area contributed by atoms with Crippen LogP contribution in [0, 0.1) is 0 Å². The molecule has 2 rings (SSSR count). The topological polar surface area (TPSA) is 139 Å². The molecule has 7 nitrogen and oxygen atoms in total. The predicted octanol–water partition coefficient (Wildman–Crippen LogP) is 2.07.